The Hall–Kier alpha value is -1.08. The number of unbranched alkanes of at least 4 members (excludes halogenated alkanes) is 11. The summed E-state index contributed by atoms with van der Waals surface area (Å²) in [6, 6.07) is 10.8. The van der Waals surface area contributed by atoms with E-state index in [1.807, 2.05) is 0 Å². The molecule has 0 heterocycles. The monoisotopic (exact) mass is 385 g/mol. The summed E-state index contributed by atoms with van der Waals surface area (Å²) in [7, 11) is 0. The minimum Gasteiger partial charge on any atom is -0.325 e. The Kier molecular flexibility index (Phi) is 13.2. The zero-order valence-electron chi connectivity index (χ0n) is 19.1. The van der Waals surface area contributed by atoms with E-state index in [4.69, 9.17) is 5.73 Å². The van der Waals surface area contributed by atoms with E-state index in [-0.39, 0.29) is 5.54 Å². The molecule has 1 aromatic rings. The highest BCUT2D eigenvalue weighted by molar-refractivity contribution is 5.25. The van der Waals surface area contributed by atoms with Crippen molar-refractivity contribution in [3.05, 3.63) is 48.6 Å². The molecule has 0 aliphatic rings. The van der Waals surface area contributed by atoms with Gasteiger partial charge in [-0.3, -0.25) is 0 Å². The molecule has 0 aromatic heterocycles. The van der Waals surface area contributed by atoms with Gasteiger partial charge >= 0.3 is 0 Å². The minimum atomic E-state index is -0.188. The van der Waals surface area contributed by atoms with Crippen LogP contribution in [0.25, 0.3) is 0 Å². The predicted molar refractivity (Wildman–Crippen MR) is 127 cm³/mol. The number of allylic oxidation sites excluding steroid dienone is 1. The van der Waals surface area contributed by atoms with Gasteiger partial charge in [-0.25, -0.2) is 0 Å². The van der Waals surface area contributed by atoms with Crippen molar-refractivity contribution in [1.29, 1.82) is 0 Å². The van der Waals surface area contributed by atoms with Crippen LogP contribution in [-0.4, -0.2) is 5.54 Å². The summed E-state index contributed by atoms with van der Waals surface area (Å²) in [6.45, 7) is 10.8. The summed E-state index contributed by atoms with van der Waals surface area (Å²) in [6.07, 6.45) is 20.0. The molecule has 1 rings (SSSR count). The third-order valence-corrected chi connectivity index (χ3v) is 6.20. The van der Waals surface area contributed by atoms with Gasteiger partial charge < -0.3 is 5.73 Å². The van der Waals surface area contributed by atoms with Gasteiger partial charge in [-0.1, -0.05) is 120 Å². The highest BCUT2D eigenvalue weighted by atomic mass is 14.7. The van der Waals surface area contributed by atoms with Crippen molar-refractivity contribution in [2.45, 2.75) is 116 Å². The quantitative estimate of drug-likeness (QED) is 0.211. The topological polar surface area (TPSA) is 26.0 Å². The second kappa shape index (κ2) is 14.9. The average molecular weight is 386 g/mol. The summed E-state index contributed by atoms with van der Waals surface area (Å²) in [5, 5.41) is 0. The first-order valence-electron chi connectivity index (χ1n) is 12.0. The van der Waals surface area contributed by atoms with Gasteiger partial charge in [-0.2, -0.15) is 0 Å². The maximum Gasteiger partial charge on any atom is 0.0134 e. The normalized spacial score (nSPS) is 14.0. The first kappa shape index (κ1) is 25.0. The first-order chi connectivity index (χ1) is 13.5. The highest BCUT2D eigenvalue weighted by Crippen LogP contribution is 2.36. The van der Waals surface area contributed by atoms with Crippen LogP contribution >= 0.6 is 0 Å². The molecule has 0 spiro atoms. The molecule has 0 fully saturated rings. The Morgan fingerprint density at radius 2 is 1.29 bits per heavy atom. The molecule has 0 bridgehead atoms. The lowest BCUT2D eigenvalue weighted by Crippen LogP contribution is -2.43. The highest BCUT2D eigenvalue weighted by Gasteiger charge is 2.31. The van der Waals surface area contributed by atoms with E-state index in [9.17, 15) is 0 Å². The first-order valence-corrected chi connectivity index (χ1v) is 12.0. The summed E-state index contributed by atoms with van der Waals surface area (Å²) in [4.78, 5) is 0. The fraction of sp³-hybridized carbons (Fsp3) is 0.704. The lowest BCUT2D eigenvalue weighted by molar-refractivity contribution is 0.268. The molecule has 0 saturated carbocycles. The Balaban J connectivity index is 2.25. The number of hydrogen-bond donors (Lipinski definition) is 1. The third-order valence-electron chi connectivity index (χ3n) is 6.20. The number of rotatable bonds is 17. The van der Waals surface area contributed by atoms with Gasteiger partial charge in [0.05, 0.1) is 0 Å². The van der Waals surface area contributed by atoms with Gasteiger partial charge in [0.15, 0.2) is 0 Å². The molecule has 0 radical (unpaired) electrons. The fourth-order valence-corrected chi connectivity index (χ4v) is 4.43. The van der Waals surface area contributed by atoms with Crippen molar-refractivity contribution in [3.63, 3.8) is 0 Å². The maximum atomic E-state index is 6.59. The number of nitrogens with two attached hydrogens (primary N) is 1. The minimum absolute atomic E-state index is 0.188. The maximum absolute atomic E-state index is 6.59. The molecule has 160 valence electrons. The predicted octanol–water partition coefficient (Wildman–Crippen LogP) is 8.40. The number of benzene rings is 1. The fourth-order valence-electron chi connectivity index (χ4n) is 4.43. The van der Waals surface area contributed by atoms with Crippen molar-refractivity contribution >= 4 is 0 Å². The average Bonchev–Trinajstić information content (AvgIpc) is 2.68. The van der Waals surface area contributed by atoms with Crippen molar-refractivity contribution in [1.82, 2.24) is 0 Å². The lowest BCUT2D eigenvalue weighted by atomic mass is 9.72. The molecule has 2 unspecified atom stereocenters. The smallest absolute Gasteiger partial charge is 0.0134 e. The van der Waals surface area contributed by atoms with Crippen molar-refractivity contribution in [2.75, 3.05) is 0 Å². The van der Waals surface area contributed by atoms with Crippen LogP contribution in [0, 0.1) is 5.92 Å². The molecule has 1 heteroatoms. The lowest BCUT2D eigenvalue weighted by Gasteiger charge is -2.36. The standard InChI is InChI=1S/C27H47N/c1-5-7-8-9-10-11-12-13-14-15-16-20-23-26(27(3,4)28)25(6-2)24-21-18-17-19-22-24/h6,17-19,21-22,25-26H,2,5,7-16,20,23,28H2,1,3-4H3. The van der Waals surface area contributed by atoms with E-state index in [0.29, 0.717) is 11.8 Å². The van der Waals surface area contributed by atoms with Crippen molar-refractivity contribution in [3.8, 4) is 0 Å². The Labute approximate surface area is 176 Å². The molecule has 0 aliphatic carbocycles. The van der Waals surface area contributed by atoms with E-state index in [1.165, 1.54) is 89.0 Å². The summed E-state index contributed by atoms with van der Waals surface area (Å²) < 4.78 is 0. The zero-order valence-corrected chi connectivity index (χ0v) is 19.1. The largest absolute Gasteiger partial charge is 0.325 e. The molecule has 0 saturated heterocycles. The van der Waals surface area contributed by atoms with Gasteiger partial charge in [0.25, 0.3) is 0 Å². The Bertz CT molecular complexity index is 485. The Morgan fingerprint density at radius 3 is 1.71 bits per heavy atom. The molecular weight excluding hydrogens is 338 g/mol. The third kappa shape index (κ3) is 10.5. The van der Waals surface area contributed by atoms with Crippen molar-refractivity contribution in [2.24, 2.45) is 11.7 Å². The second-order valence-corrected chi connectivity index (χ2v) is 9.28. The SMILES string of the molecule is C=CC(c1ccccc1)C(CCCCCCCCCCCCCC)C(C)(C)N. The summed E-state index contributed by atoms with van der Waals surface area (Å²) >= 11 is 0. The van der Waals surface area contributed by atoms with Gasteiger partial charge in [-0.15, -0.1) is 6.58 Å². The van der Waals surface area contributed by atoms with E-state index in [2.05, 4.69) is 63.8 Å². The van der Waals surface area contributed by atoms with Crippen LogP contribution in [0.3, 0.4) is 0 Å². The van der Waals surface area contributed by atoms with Gasteiger partial charge in [-0.05, 0) is 31.7 Å². The van der Waals surface area contributed by atoms with Crippen LogP contribution in [0.15, 0.2) is 43.0 Å². The van der Waals surface area contributed by atoms with Crippen LogP contribution in [0.4, 0.5) is 0 Å². The van der Waals surface area contributed by atoms with E-state index in [0.717, 1.165) is 0 Å². The van der Waals surface area contributed by atoms with Gasteiger partial charge in [0.1, 0.15) is 0 Å². The summed E-state index contributed by atoms with van der Waals surface area (Å²) in [5.41, 5.74) is 7.74. The molecule has 1 nitrogen and oxygen atoms in total. The molecule has 28 heavy (non-hydrogen) atoms. The van der Waals surface area contributed by atoms with Crippen LogP contribution in [-0.2, 0) is 0 Å². The van der Waals surface area contributed by atoms with E-state index in [1.54, 1.807) is 0 Å². The van der Waals surface area contributed by atoms with Crippen LogP contribution in [0.1, 0.15) is 116 Å². The molecule has 2 atom stereocenters. The zero-order chi connectivity index (χ0) is 20.7. The van der Waals surface area contributed by atoms with E-state index < -0.39 is 0 Å². The molecule has 2 N–H and O–H groups in total. The van der Waals surface area contributed by atoms with E-state index >= 15 is 0 Å². The second-order valence-electron chi connectivity index (χ2n) is 9.28. The Morgan fingerprint density at radius 1 is 0.821 bits per heavy atom. The van der Waals surface area contributed by atoms with Crippen LogP contribution < -0.4 is 5.73 Å². The van der Waals surface area contributed by atoms with Crippen LogP contribution in [0.2, 0.25) is 0 Å². The molecule has 1 aromatic carbocycles. The number of hydrogen-bond acceptors (Lipinski definition) is 1. The molecule has 0 aliphatic heterocycles. The van der Waals surface area contributed by atoms with Gasteiger partial charge in [0.2, 0.25) is 0 Å². The van der Waals surface area contributed by atoms with Gasteiger partial charge in [0, 0.05) is 11.5 Å². The summed E-state index contributed by atoms with van der Waals surface area (Å²) in [5.74, 6) is 0.782. The molecule has 0 amide bonds. The molecular formula is C27H47N. The van der Waals surface area contributed by atoms with Crippen LogP contribution in [0.5, 0.6) is 0 Å². The van der Waals surface area contributed by atoms with Crippen molar-refractivity contribution < 1.29 is 0 Å².